The van der Waals surface area contributed by atoms with Crippen molar-refractivity contribution in [2.75, 3.05) is 5.75 Å². The van der Waals surface area contributed by atoms with E-state index >= 15 is 0 Å². The number of rotatable bonds is 1. The summed E-state index contributed by atoms with van der Waals surface area (Å²) in [6.07, 6.45) is 2.11. The zero-order chi connectivity index (χ0) is 15.4. The molecule has 0 spiro atoms. The van der Waals surface area contributed by atoms with Crippen LogP contribution in [0.25, 0.3) is 0 Å². The molecule has 0 aromatic heterocycles. The van der Waals surface area contributed by atoms with E-state index in [0.717, 1.165) is 23.6 Å². The molecule has 2 aliphatic heterocycles. The third kappa shape index (κ3) is 2.18. The highest BCUT2D eigenvalue weighted by atomic mass is 79.9. The smallest absolute Gasteiger partial charge is 0.175 e. The number of aliphatic hydroxyl groups is 1. The van der Waals surface area contributed by atoms with Crippen molar-refractivity contribution in [3.05, 3.63) is 71.3 Å². The van der Waals surface area contributed by atoms with Crippen LogP contribution in [0.4, 0.5) is 0 Å². The lowest BCUT2D eigenvalue weighted by atomic mass is 9.83. The Hall–Kier alpha value is -1.30. The second-order valence-electron chi connectivity index (χ2n) is 6.50. The Kier molecular flexibility index (Phi) is 3.98. The van der Waals surface area contributed by atoms with Crippen molar-refractivity contribution >= 4 is 33.9 Å². The Bertz CT molecular complexity index is 797. The summed E-state index contributed by atoms with van der Waals surface area (Å²) in [5.74, 6) is 0.653. The third-order valence-corrected chi connectivity index (χ3v) is 6.38. The average molecular weight is 403 g/mol. The van der Waals surface area contributed by atoms with Gasteiger partial charge in [0.05, 0.1) is 17.8 Å². The predicted molar refractivity (Wildman–Crippen MR) is 104 cm³/mol. The van der Waals surface area contributed by atoms with Gasteiger partial charge in [0.25, 0.3) is 0 Å². The van der Waals surface area contributed by atoms with Crippen molar-refractivity contribution in [3.8, 4) is 0 Å². The molecule has 124 valence electrons. The first-order valence-corrected chi connectivity index (χ1v) is 9.11. The molecule has 3 nitrogen and oxygen atoms in total. The zero-order valence-electron chi connectivity index (χ0n) is 13.1. The summed E-state index contributed by atoms with van der Waals surface area (Å²) in [5, 5.41) is 12.4. The molecule has 1 aliphatic carbocycles. The standard InChI is InChI=1S/C19H18N2OS.BrH/c22-19(14-7-2-1-3-8-14)12-23-18-20-17-15-9-5-4-6-13(15)10-11-16(17)21(18)19;/h1-9,16-17,22H,10-12H2;1H/t16-,17-,19?;/m1./s1. The van der Waals surface area contributed by atoms with E-state index in [9.17, 15) is 5.11 Å². The summed E-state index contributed by atoms with van der Waals surface area (Å²) in [7, 11) is 0. The first-order chi connectivity index (χ1) is 11.3. The number of thioether (sulfide) groups is 1. The van der Waals surface area contributed by atoms with Crippen LogP contribution in [0.3, 0.4) is 0 Å². The molecule has 3 aliphatic rings. The molecule has 0 saturated carbocycles. The Morgan fingerprint density at radius 1 is 1.08 bits per heavy atom. The van der Waals surface area contributed by atoms with Gasteiger partial charge in [-0.15, -0.1) is 17.0 Å². The van der Waals surface area contributed by atoms with Gasteiger partial charge in [-0.2, -0.15) is 0 Å². The average Bonchev–Trinajstić information content (AvgIpc) is 3.15. The number of amidine groups is 1. The third-order valence-electron chi connectivity index (χ3n) is 5.27. The number of hydrogen-bond acceptors (Lipinski definition) is 4. The summed E-state index contributed by atoms with van der Waals surface area (Å²) in [6, 6.07) is 19.1. The Balaban J connectivity index is 0.00000146. The van der Waals surface area contributed by atoms with Gasteiger partial charge < -0.3 is 10.0 Å². The van der Waals surface area contributed by atoms with Crippen LogP contribution in [0.2, 0.25) is 0 Å². The van der Waals surface area contributed by atoms with Gasteiger partial charge in [-0.25, -0.2) is 0 Å². The minimum absolute atomic E-state index is 0. The van der Waals surface area contributed by atoms with Crippen molar-refractivity contribution in [3.63, 3.8) is 0 Å². The van der Waals surface area contributed by atoms with Crippen LogP contribution in [-0.4, -0.2) is 27.0 Å². The normalized spacial score (nSPS) is 30.0. The van der Waals surface area contributed by atoms with Crippen LogP contribution in [-0.2, 0) is 12.1 Å². The summed E-state index contributed by atoms with van der Waals surface area (Å²) in [4.78, 5) is 7.17. The van der Waals surface area contributed by atoms with Crippen molar-refractivity contribution in [1.29, 1.82) is 0 Å². The molecule has 3 atom stereocenters. The number of benzene rings is 2. The Morgan fingerprint density at radius 2 is 1.83 bits per heavy atom. The maximum absolute atomic E-state index is 11.4. The number of halogens is 1. The van der Waals surface area contributed by atoms with Crippen molar-refractivity contribution < 1.29 is 5.11 Å². The van der Waals surface area contributed by atoms with Crippen LogP contribution in [0.15, 0.2) is 59.6 Å². The molecule has 5 heteroatoms. The SMILES string of the molecule is Br.OC1(c2ccccc2)CSC2=N[C@@H]3c4ccccc4CC[C@H]3N21. The molecular formula is C19H19BrN2OS. The van der Waals surface area contributed by atoms with Gasteiger partial charge in [0.15, 0.2) is 10.9 Å². The van der Waals surface area contributed by atoms with Crippen LogP contribution >= 0.6 is 28.7 Å². The summed E-state index contributed by atoms with van der Waals surface area (Å²) in [5.41, 5.74) is 2.78. The molecule has 5 rings (SSSR count). The molecule has 0 amide bonds. The number of nitrogens with zero attached hydrogens (tertiary/aromatic N) is 2. The topological polar surface area (TPSA) is 35.8 Å². The molecule has 24 heavy (non-hydrogen) atoms. The Labute approximate surface area is 156 Å². The largest absolute Gasteiger partial charge is 0.366 e. The van der Waals surface area contributed by atoms with E-state index in [-0.39, 0.29) is 29.1 Å². The van der Waals surface area contributed by atoms with E-state index in [0.29, 0.717) is 5.75 Å². The number of aliphatic imine (C=N–C) groups is 1. The molecule has 1 unspecified atom stereocenters. The highest BCUT2D eigenvalue weighted by Crippen LogP contribution is 2.51. The fourth-order valence-electron chi connectivity index (χ4n) is 4.17. The lowest BCUT2D eigenvalue weighted by molar-refractivity contribution is -0.0680. The van der Waals surface area contributed by atoms with Crippen molar-refractivity contribution in [2.24, 2.45) is 4.99 Å². The molecule has 1 fully saturated rings. The lowest BCUT2D eigenvalue weighted by Crippen LogP contribution is -2.50. The summed E-state index contributed by atoms with van der Waals surface area (Å²) >= 11 is 1.68. The minimum atomic E-state index is -0.934. The van der Waals surface area contributed by atoms with E-state index in [1.54, 1.807) is 11.8 Å². The van der Waals surface area contributed by atoms with Gasteiger partial charge >= 0.3 is 0 Å². The fraction of sp³-hybridized carbons (Fsp3) is 0.316. The molecule has 2 heterocycles. The first kappa shape index (κ1) is 16.2. The second-order valence-corrected chi connectivity index (χ2v) is 7.45. The van der Waals surface area contributed by atoms with Crippen LogP contribution in [0.5, 0.6) is 0 Å². The van der Waals surface area contributed by atoms with Gasteiger partial charge in [-0.05, 0) is 24.0 Å². The van der Waals surface area contributed by atoms with E-state index in [4.69, 9.17) is 4.99 Å². The van der Waals surface area contributed by atoms with Crippen LogP contribution in [0.1, 0.15) is 29.2 Å². The van der Waals surface area contributed by atoms with Gasteiger partial charge in [-0.3, -0.25) is 4.99 Å². The Morgan fingerprint density at radius 3 is 2.67 bits per heavy atom. The van der Waals surface area contributed by atoms with Crippen LogP contribution in [0, 0.1) is 0 Å². The van der Waals surface area contributed by atoms with Gasteiger partial charge in [0, 0.05) is 5.56 Å². The molecule has 0 radical (unpaired) electrons. The minimum Gasteiger partial charge on any atom is -0.366 e. The highest BCUT2D eigenvalue weighted by Gasteiger charge is 2.54. The second kappa shape index (κ2) is 5.90. The lowest BCUT2D eigenvalue weighted by Gasteiger charge is -2.40. The number of hydrogen-bond donors (Lipinski definition) is 1. The summed E-state index contributed by atoms with van der Waals surface area (Å²) in [6.45, 7) is 0. The molecule has 2 aromatic rings. The molecule has 0 bridgehead atoms. The fourth-order valence-corrected chi connectivity index (χ4v) is 5.42. The van der Waals surface area contributed by atoms with E-state index < -0.39 is 5.72 Å². The first-order valence-electron chi connectivity index (χ1n) is 8.13. The highest BCUT2D eigenvalue weighted by molar-refractivity contribution is 8.93. The quantitative estimate of drug-likeness (QED) is 0.785. The predicted octanol–water partition coefficient (Wildman–Crippen LogP) is 3.88. The van der Waals surface area contributed by atoms with Gasteiger partial charge in [0.1, 0.15) is 0 Å². The molecule has 1 saturated heterocycles. The van der Waals surface area contributed by atoms with E-state index in [2.05, 4.69) is 29.2 Å². The molecular weight excluding hydrogens is 384 g/mol. The molecule has 1 N–H and O–H groups in total. The monoisotopic (exact) mass is 402 g/mol. The summed E-state index contributed by atoms with van der Waals surface area (Å²) < 4.78 is 0. The zero-order valence-corrected chi connectivity index (χ0v) is 15.7. The van der Waals surface area contributed by atoms with Crippen molar-refractivity contribution in [2.45, 2.75) is 30.7 Å². The van der Waals surface area contributed by atoms with E-state index in [1.165, 1.54) is 11.1 Å². The maximum atomic E-state index is 11.4. The molecule has 2 aromatic carbocycles. The van der Waals surface area contributed by atoms with Gasteiger partial charge in [0.2, 0.25) is 0 Å². The number of fused-ring (bicyclic) bond motifs is 5. The number of aryl methyl sites for hydroxylation is 1. The van der Waals surface area contributed by atoms with Crippen LogP contribution < -0.4 is 0 Å². The maximum Gasteiger partial charge on any atom is 0.175 e. The van der Waals surface area contributed by atoms with Gasteiger partial charge in [-0.1, -0.05) is 66.4 Å². The van der Waals surface area contributed by atoms with Crippen molar-refractivity contribution in [1.82, 2.24) is 4.90 Å². The van der Waals surface area contributed by atoms with E-state index in [1.807, 2.05) is 30.3 Å².